The number of benzene rings is 1. The molecule has 3 rings (SSSR count). The van der Waals surface area contributed by atoms with Gasteiger partial charge in [-0.15, -0.1) is 0 Å². The second-order valence-electron chi connectivity index (χ2n) is 5.32. The first kappa shape index (κ1) is 13.1. The van der Waals surface area contributed by atoms with Crippen LogP contribution in [-0.2, 0) is 4.74 Å². The Kier molecular flexibility index (Phi) is 3.23. The van der Waals surface area contributed by atoms with Crippen LogP contribution in [0.15, 0.2) is 30.3 Å². The summed E-state index contributed by atoms with van der Waals surface area (Å²) in [6.07, 6.45) is 0.284. The van der Waals surface area contributed by atoms with Crippen molar-refractivity contribution in [2.75, 3.05) is 13.2 Å². The molecule has 2 heterocycles. The lowest BCUT2D eigenvalue weighted by Crippen LogP contribution is -2.47. The summed E-state index contributed by atoms with van der Waals surface area (Å²) in [4.78, 5) is 15.2. The predicted octanol–water partition coefficient (Wildman–Crippen LogP) is 1.44. The van der Waals surface area contributed by atoms with Gasteiger partial charge in [-0.3, -0.25) is 4.79 Å². The normalized spacial score (nSPS) is 26.0. The van der Waals surface area contributed by atoms with E-state index in [1.807, 2.05) is 37.3 Å². The maximum atomic E-state index is 12.1. The summed E-state index contributed by atoms with van der Waals surface area (Å²) < 4.78 is 5.35. The van der Waals surface area contributed by atoms with E-state index in [0.717, 1.165) is 10.9 Å². The van der Waals surface area contributed by atoms with E-state index in [2.05, 4.69) is 10.3 Å². The van der Waals surface area contributed by atoms with Crippen LogP contribution in [0.4, 0.5) is 0 Å². The number of hydrogen-bond acceptors (Lipinski definition) is 3. The Morgan fingerprint density at radius 2 is 2.35 bits per heavy atom. The molecule has 1 aliphatic rings. The Balaban J connectivity index is 1.70. The third-order valence-electron chi connectivity index (χ3n) is 3.99. The van der Waals surface area contributed by atoms with Crippen LogP contribution in [-0.4, -0.2) is 40.9 Å². The molecule has 5 heteroatoms. The number of rotatable bonds is 3. The van der Waals surface area contributed by atoms with Gasteiger partial charge >= 0.3 is 0 Å². The van der Waals surface area contributed by atoms with Crippen molar-refractivity contribution in [1.82, 2.24) is 10.3 Å². The fourth-order valence-electron chi connectivity index (χ4n) is 2.53. The molecule has 0 radical (unpaired) electrons. The topological polar surface area (TPSA) is 74.3 Å². The van der Waals surface area contributed by atoms with Crippen LogP contribution in [0.2, 0.25) is 0 Å². The molecule has 1 amide bonds. The van der Waals surface area contributed by atoms with Crippen molar-refractivity contribution >= 4 is 16.8 Å². The molecule has 0 saturated carbocycles. The fraction of sp³-hybridized carbons (Fsp3) is 0.400. The van der Waals surface area contributed by atoms with E-state index in [1.54, 1.807) is 0 Å². The van der Waals surface area contributed by atoms with Crippen molar-refractivity contribution in [1.29, 1.82) is 0 Å². The van der Waals surface area contributed by atoms with Crippen molar-refractivity contribution in [2.24, 2.45) is 0 Å². The number of nitrogens with one attached hydrogen (secondary N) is 2. The van der Waals surface area contributed by atoms with Crippen LogP contribution >= 0.6 is 0 Å². The second-order valence-corrected chi connectivity index (χ2v) is 5.32. The van der Waals surface area contributed by atoms with Gasteiger partial charge in [0.2, 0.25) is 0 Å². The number of hydrogen-bond donors (Lipinski definition) is 3. The van der Waals surface area contributed by atoms with Crippen molar-refractivity contribution in [3.8, 4) is 0 Å². The lowest BCUT2D eigenvalue weighted by atomic mass is 9.97. The van der Waals surface area contributed by atoms with Gasteiger partial charge in [0.25, 0.3) is 5.91 Å². The molecule has 2 atom stereocenters. The number of aromatic amines is 1. The molecule has 20 heavy (non-hydrogen) atoms. The van der Waals surface area contributed by atoms with E-state index in [-0.39, 0.29) is 18.6 Å². The van der Waals surface area contributed by atoms with Crippen molar-refractivity contribution in [3.05, 3.63) is 36.0 Å². The van der Waals surface area contributed by atoms with Gasteiger partial charge < -0.3 is 20.1 Å². The SMILES string of the molecule is CC1OCCC1(O)CNC(=O)c1cc2ccccc2[nH]1. The Labute approximate surface area is 116 Å². The highest BCUT2D eigenvalue weighted by Gasteiger charge is 2.39. The van der Waals surface area contributed by atoms with Gasteiger partial charge in [-0.1, -0.05) is 18.2 Å². The molecule has 0 spiro atoms. The molecular weight excluding hydrogens is 256 g/mol. The van der Waals surface area contributed by atoms with Crippen LogP contribution in [0.5, 0.6) is 0 Å². The van der Waals surface area contributed by atoms with Crippen molar-refractivity contribution in [3.63, 3.8) is 0 Å². The van der Waals surface area contributed by atoms with Gasteiger partial charge in [0.05, 0.1) is 6.10 Å². The van der Waals surface area contributed by atoms with E-state index < -0.39 is 5.60 Å². The van der Waals surface area contributed by atoms with Crippen LogP contribution in [0.25, 0.3) is 10.9 Å². The number of fused-ring (bicyclic) bond motifs is 1. The van der Waals surface area contributed by atoms with E-state index in [9.17, 15) is 9.90 Å². The molecule has 1 saturated heterocycles. The third-order valence-corrected chi connectivity index (χ3v) is 3.99. The summed E-state index contributed by atoms with van der Waals surface area (Å²) >= 11 is 0. The van der Waals surface area contributed by atoms with Gasteiger partial charge in [-0.2, -0.15) is 0 Å². The van der Waals surface area contributed by atoms with Crippen molar-refractivity contribution in [2.45, 2.75) is 25.0 Å². The van der Waals surface area contributed by atoms with Crippen LogP contribution < -0.4 is 5.32 Å². The standard InChI is InChI=1S/C15H18N2O3/c1-10-15(19,6-7-20-10)9-16-14(18)13-8-11-4-2-3-5-12(11)17-13/h2-5,8,10,17,19H,6-7,9H2,1H3,(H,16,18). The molecule has 106 valence electrons. The molecule has 1 fully saturated rings. The summed E-state index contributed by atoms with van der Waals surface area (Å²) in [5.74, 6) is -0.214. The third kappa shape index (κ3) is 2.30. The minimum Gasteiger partial charge on any atom is -0.385 e. The van der Waals surface area contributed by atoms with Crippen LogP contribution in [0, 0.1) is 0 Å². The van der Waals surface area contributed by atoms with E-state index >= 15 is 0 Å². The average molecular weight is 274 g/mol. The summed E-state index contributed by atoms with van der Waals surface area (Å²) in [5.41, 5.74) is 0.456. The van der Waals surface area contributed by atoms with E-state index in [4.69, 9.17) is 4.74 Å². The molecule has 2 unspecified atom stereocenters. The zero-order valence-electron chi connectivity index (χ0n) is 11.3. The number of amides is 1. The maximum absolute atomic E-state index is 12.1. The number of carbonyl (C=O) groups excluding carboxylic acids is 1. The average Bonchev–Trinajstić information content (AvgIpc) is 3.01. The van der Waals surface area contributed by atoms with E-state index in [0.29, 0.717) is 18.7 Å². The van der Waals surface area contributed by atoms with Gasteiger partial charge in [0, 0.05) is 30.5 Å². The zero-order chi connectivity index (χ0) is 14.2. The van der Waals surface area contributed by atoms with Gasteiger partial charge in [-0.25, -0.2) is 0 Å². The number of aliphatic hydroxyl groups is 1. The lowest BCUT2D eigenvalue weighted by Gasteiger charge is -2.25. The Morgan fingerprint density at radius 1 is 1.55 bits per heavy atom. The molecule has 0 aliphatic carbocycles. The number of ether oxygens (including phenoxy) is 1. The highest BCUT2D eigenvalue weighted by molar-refractivity contribution is 5.98. The number of para-hydroxylation sites is 1. The Morgan fingerprint density at radius 3 is 3.05 bits per heavy atom. The number of H-pyrrole nitrogens is 1. The number of aromatic nitrogens is 1. The molecule has 3 N–H and O–H groups in total. The van der Waals surface area contributed by atoms with Gasteiger partial charge in [0.15, 0.2) is 0 Å². The van der Waals surface area contributed by atoms with Gasteiger partial charge in [-0.05, 0) is 19.1 Å². The van der Waals surface area contributed by atoms with Gasteiger partial charge in [0.1, 0.15) is 11.3 Å². The monoisotopic (exact) mass is 274 g/mol. The molecular formula is C15H18N2O3. The molecule has 5 nitrogen and oxygen atoms in total. The summed E-state index contributed by atoms with van der Waals surface area (Å²) in [6, 6.07) is 9.53. The first-order valence-corrected chi connectivity index (χ1v) is 6.78. The highest BCUT2D eigenvalue weighted by Crippen LogP contribution is 2.24. The van der Waals surface area contributed by atoms with Crippen LogP contribution in [0.3, 0.4) is 0 Å². The number of carbonyl (C=O) groups is 1. The molecule has 0 bridgehead atoms. The first-order chi connectivity index (χ1) is 9.58. The second kappa shape index (κ2) is 4.92. The summed E-state index contributed by atoms with van der Waals surface area (Å²) in [6.45, 7) is 2.55. The van der Waals surface area contributed by atoms with Crippen LogP contribution in [0.1, 0.15) is 23.8 Å². The van der Waals surface area contributed by atoms with Crippen molar-refractivity contribution < 1.29 is 14.6 Å². The maximum Gasteiger partial charge on any atom is 0.267 e. The smallest absolute Gasteiger partial charge is 0.267 e. The highest BCUT2D eigenvalue weighted by atomic mass is 16.5. The molecule has 1 aromatic carbocycles. The Hall–Kier alpha value is -1.85. The minimum absolute atomic E-state index is 0.197. The first-order valence-electron chi connectivity index (χ1n) is 6.78. The fourth-order valence-corrected chi connectivity index (χ4v) is 2.53. The predicted molar refractivity (Wildman–Crippen MR) is 75.6 cm³/mol. The molecule has 1 aromatic heterocycles. The summed E-state index contributed by atoms with van der Waals surface area (Å²) in [7, 11) is 0. The Bertz CT molecular complexity index is 604. The molecule has 1 aliphatic heterocycles. The van der Waals surface area contributed by atoms with E-state index in [1.165, 1.54) is 0 Å². The lowest BCUT2D eigenvalue weighted by molar-refractivity contribution is -0.0251. The quantitative estimate of drug-likeness (QED) is 0.793. The zero-order valence-corrected chi connectivity index (χ0v) is 11.3. The molecule has 2 aromatic rings. The largest absolute Gasteiger partial charge is 0.385 e. The summed E-state index contributed by atoms with van der Waals surface area (Å²) in [5, 5.41) is 14.1. The minimum atomic E-state index is -0.971.